The first-order chi connectivity index (χ1) is 6.36. The van der Waals surface area contributed by atoms with Crippen LogP contribution in [0.4, 0.5) is 0 Å². The Morgan fingerprint density at radius 2 is 2.54 bits per heavy atom. The van der Waals surface area contributed by atoms with E-state index < -0.39 is 0 Å². The van der Waals surface area contributed by atoms with Gasteiger partial charge in [-0.1, -0.05) is 6.07 Å². The van der Waals surface area contributed by atoms with Gasteiger partial charge < -0.3 is 4.74 Å². The fraction of sp³-hybridized carbons (Fsp3) is 0. The van der Waals surface area contributed by atoms with E-state index in [1.807, 2.05) is 5.38 Å². The predicted octanol–water partition coefficient (Wildman–Crippen LogP) is 1.69. The number of esters is 1. The normalized spacial score (nSPS) is 9.85. The van der Waals surface area contributed by atoms with E-state index in [4.69, 9.17) is 4.74 Å². The highest BCUT2D eigenvalue weighted by molar-refractivity contribution is 7.12. The summed E-state index contributed by atoms with van der Waals surface area (Å²) in [7, 11) is 0. The number of aromatic amines is 1. The predicted molar refractivity (Wildman–Crippen MR) is 47.9 cm³/mol. The average Bonchev–Trinajstić information content (AvgIpc) is 2.74. The van der Waals surface area contributed by atoms with Crippen LogP contribution in [0.25, 0.3) is 0 Å². The first kappa shape index (κ1) is 8.00. The number of aromatic nitrogens is 2. The average molecular weight is 194 g/mol. The Balaban J connectivity index is 2.08. The Hall–Kier alpha value is -1.62. The highest BCUT2D eigenvalue weighted by atomic mass is 32.1. The Bertz CT molecular complexity index is 380. The lowest BCUT2D eigenvalue weighted by molar-refractivity contribution is 0.0740. The standard InChI is InChI=1S/C8H6N2O2S/c11-8(7-2-1-3-13-7)12-6-4-9-10-5-6/h1-5H,(H,9,10). The number of thiophene rings is 1. The minimum Gasteiger partial charge on any atom is -0.419 e. The molecule has 2 heterocycles. The van der Waals surface area contributed by atoms with Gasteiger partial charge in [-0.3, -0.25) is 5.10 Å². The smallest absolute Gasteiger partial charge is 0.353 e. The van der Waals surface area contributed by atoms with Crippen LogP contribution in [-0.2, 0) is 0 Å². The second-order valence-corrected chi connectivity index (χ2v) is 3.25. The molecule has 0 aliphatic rings. The molecule has 0 bridgehead atoms. The van der Waals surface area contributed by atoms with Crippen molar-refractivity contribution in [2.24, 2.45) is 0 Å². The monoisotopic (exact) mass is 194 g/mol. The van der Waals surface area contributed by atoms with Gasteiger partial charge in [-0.25, -0.2) is 4.79 Å². The molecular weight excluding hydrogens is 188 g/mol. The van der Waals surface area contributed by atoms with Crippen LogP contribution in [0.15, 0.2) is 29.9 Å². The number of nitrogens with zero attached hydrogens (tertiary/aromatic N) is 1. The quantitative estimate of drug-likeness (QED) is 0.740. The van der Waals surface area contributed by atoms with Crippen molar-refractivity contribution < 1.29 is 9.53 Å². The number of carbonyl (C=O) groups is 1. The first-order valence-corrected chi connectivity index (χ1v) is 4.49. The second-order valence-electron chi connectivity index (χ2n) is 2.30. The van der Waals surface area contributed by atoms with Gasteiger partial charge in [0.25, 0.3) is 0 Å². The molecule has 2 aromatic rings. The molecule has 0 saturated carbocycles. The van der Waals surface area contributed by atoms with Crippen LogP contribution in [0.3, 0.4) is 0 Å². The van der Waals surface area contributed by atoms with Crippen LogP contribution in [-0.4, -0.2) is 16.2 Å². The fourth-order valence-corrected chi connectivity index (χ4v) is 1.45. The molecule has 0 saturated heterocycles. The van der Waals surface area contributed by atoms with E-state index in [9.17, 15) is 4.79 Å². The van der Waals surface area contributed by atoms with Crippen molar-refractivity contribution in [2.75, 3.05) is 0 Å². The van der Waals surface area contributed by atoms with Crippen molar-refractivity contribution in [2.45, 2.75) is 0 Å². The molecule has 0 fully saturated rings. The molecular formula is C8H6N2O2S. The summed E-state index contributed by atoms with van der Waals surface area (Å²) < 4.78 is 4.98. The maximum Gasteiger partial charge on any atom is 0.353 e. The number of hydrogen-bond acceptors (Lipinski definition) is 4. The van der Waals surface area contributed by atoms with E-state index >= 15 is 0 Å². The molecule has 0 aliphatic heterocycles. The van der Waals surface area contributed by atoms with Crippen molar-refractivity contribution in [3.8, 4) is 5.75 Å². The molecule has 1 N–H and O–H groups in total. The number of H-pyrrole nitrogens is 1. The molecule has 0 unspecified atom stereocenters. The maximum atomic E-state index is 11.3. The van der Waals surface area contributed by atoms with Gasteiger partial charge >= 0.3 is 5.97 Å². The van der Waals surface area contributed by atoms with Gasteiger partial charge in [0, 0.05) is 0 Å². The summed E-state index contributed by atoms with van der Waals surface area (Å²) in [6.45, 7) is 0. The topological polar surface area (TPSA) is 55.0 Å². The van der Waals surface area contributed by atoms with E-state index in [2.05, 4.69) is 10.2 Å². The van der Waals surface area contributed by atoms with E-state index in [0.29, 0.717) is 10.6 Å². The van der Waals surface area contributed by atoms with Crippen molar-refractivity contribution in [3.63, 3.8) is 0 Å². The Kier molecular flexibility index (Phi) is 2.09. The van der Waals surface area contributed by atoms with E-state index in [1.165, 1.54) is 23.7 Å². The third-order valence-electron chi connectivity index (χ3n) is 1.41. The zero-order chi connectivity index (χ0) is 9.10. The summed E-state index contributed by atoms with van der Waals surface area (Å²) in [5.41, 5.74) is 0. The molecule has 0 spiro atoms. The molecule has 0 aromatic carbocycles. The molecule has 2 rings (SSSR count). The fourth-order valence-electron chi connectivity index (χ4n) is 0.847. The van der Waals surface area contributed by atoms with Crippen molar-refractivity contribution in [1.29, 1.82) is 0 Å². The van der Waals surface area contributed by atoms with Gasteiger partial charge in [0.05, 0.1) is 12.4 Å². The third kappa shape index (κ3) is 1.75. The first-order valence-electron chi connectivity index (χ1n) is 3.61. The third-order valence-corrected chi connectivity index (χ3v) is 2.26. The highest BCUT2D eigenvalue weighted by Gasteiger charge is 2.09. The van der Waals surface area contributed by atoms with Gasteiger partial charge in [-0.15, -0.1) is 11.3 Å². The van der Waals surface area contributed by atoms with Crippen molar-refractivity contribution >= 4 is 17.3 Å². The van der Waals surface area contributed by atoms with Gasteiger partial charge in [-0.05, 0) is 11.4 Å². The summed E-state index contributed by atoms with van der Waals surface area (Å²) in [4.78, 5) is 11.9. The SMILES string of the molecule is O=C(Oc1cn[nH]c1)c1cccs1. The largest absolute Gasteiger partial charge is 0.419 e. The Morgan fingerprint density at radius 3 is 3.15 bits per heavy atom. The molecule has 13 heavy (non-hydrogen) atoms. The van der Waals surface area contributed by atoms with Crippen LogP contribution < -0.4 is 4.74 Å². The number of carbonyl (C=O) groups excluding carboxylic acids is 1. The number of nitrogens with one attached hydrogen (secondary N) is 1. The summed E-state index contributed by atoms with van der Waals surface area (Å²) in [5.74, 6) is 0.0785. The molecule has 5 heteroatoms. The van der Waals surface area contributed by atoms with Crippen LogP contribution in [0.2, 0.25) is 0 Å². The summed E-state index contributed by atoms with van der Waals surface area (Å²) in [5, 5.41) is 8.04. The number of ether oxygens (including phenoxy) is 1. The molecule has 0 aliphatic carbocycles. The number of rotatable bonds is 2. The summed E-state index contributed by atoms with van der Waals surface area (Å²) >= 11 is 1.35. The van der Waals surface area contributed by atoms with Gasteiger partial charge in [-0.2, -0.15) is 5.10 Å². The lowest BCUT2D eigenvalue weighted by Crippen LogP contribution is -2.05. The molecule has 0 radical (unpaired) electrons. The van der Waals surface area contributed by atoms with Crippen molar-refractivity contribution in [3.05, 3.63) is 34.8 Å². The number of hydrogen-bond donors (Lipinski definition) is 1. The van der Waals surface area contributed by atoms with Gasteiger partial charge in [0.15, 0.2) is 5.75 Å². The van der Waals surface area contributed by atoms with Crippen LogP contribution in [0.1, 0.15) is 9.67 Å². The van der Waals surface area contributed by atoms with E-state index in [-0.39, 0.29) is 5.97 Å². The molecule has 4 nitrogen and oxygen atoms in total. The Morgan fingerprint density at radius 1 is 1.62 bits per heavy atom. The lowest BCUT2D eigenvalue weighted by Gasteiger charge is -1.96. The molecule has 2 aromatic heterocycles. The van der Waals surface area contributed by atoms with Crippen LogP contribution in [0, 0.1) is 0 Å². The van der Waals surface area contributed by atoms with Gasteiger partial charge in [0.1, 0.15) is 4.88 Å². The van der Waals surface area contributed by atoms with E-state index in [0.717, 1.165) is 0 Å². The second kappa shape index (κ2) is 3.40. The minimum absolute atomic E-state index is 0.351. The lowest BCUT2D eigenvalue weighted by atomic mass is 10.5. The minimum atomic E-state index is -0.351. The maximum absolute atomic E-state index is 11.3. The van der Waals surface area contributed by atoms with Crippen molar-refractivity contribution in [1.82, 2.24) is 10.2 Å². The highest BCUT2D eigenvalue weighted by Crippen LogP contribution is 2.13. The molecule has 66 valence electrons. The van der Waals surface area contributed by atoms with Gasteiger partial charge in [0.2, 0.25) is 0 Å². The summed E-state index contributed by atoms with van der Waals surface area (Å²) in [6.07, 6.45) is 2.97. The zero-order valence-electron chi connectivity index (χ0n) is 6.56. The molecule has 0 atom stereocenters. The zero-order valence-corrected chi connectivity index (χ0v) is 7.38. The molecule has 0 amide bonds. The van der Waals surface area contributed by atoms with E-state index in [1.54, 1.807) is 12.1 Å². The van der Waals surface area contributed by atoms with Crippen LogP contribution >= 0.6 is 11.3 Å². The summed E-state index contributed by atoms with van der Waals surface area (Å²) in [6, 6.07) is 3.52. The van der Waals surface area contributed by atoms with Crippen LogP contribution in [0.5, 0.6) is 5.75 Å². The Labute approximate surface area is 78.2 Å².